The van der Waals surface area contributed by atoms with E-state index in [1.54, 1.807) is 0 Å². The molecule has 0 rings (SSSR count). The molecule has 1 atom stereocenters. The molecule has 0 saturated heterocycles. The van der Waals surface area contributed by atoms with Crippen molar-refractivity contribution in [2.45, 2.75) is 79.1 Å². The third-order valence-corrected chi connectivity index (χ3v) is 8.11. The zero-order valence-corrected chi connectivity index (χ0v) is 38.7. The Labute approximate surface area is 379 Å². The minimum atomic E-state index is -0.491. The van der Waals surface area contributed by atoms with Crippen molar-refractivity contribution in [3.8, 4) is 0 Å². The van der Waals surface area contributed by atoms with Gasteiger partial charge >= 0.3 is 0 Å². The molecule has 22 nitrogen and oxygen atoms in total. The van der Waals surface area contributed by atoms with Crippen molar-refractivity contribution in [3.63, 3.8) is 0 Å². The van der Waals surface area contributed by atoms with Crippen LogP contribution in [0.2, 0.25) is 0 Å². The van der Waals surface area contributed by atoms with Crippen LogP contribution in [0.25, 0.3) is 0 Å². The highest BCUT2D eigenvalue weighted by atomic mass is 16.5. The molecule has 0 bridgehead atoms. The number of primary amides is 1. The first-order chi connectivity index (χ1) is 30.9. The number of nitrogens with two attached hydrogens (primary N) is 1. The van der Waals surface area contributed by atoms with Gasteiger partial charge in [-0.25, -0.2) is 0 Å². The van der Waals surface area contributed by atoms with Gasteiger partial charge in [0.2, 0.25) is 35.4 Å². The van der Waals surface area contributed by atoms with Crippen molar-refractivity contribution < 1.29 is 77.7 Å². The molecule has 6 amide bonds. The van der Waals surface area contributed by atoms with E-state index in [2.05, 4.69) is 26.6 Å². The molecule has 0 aliphatic carbocycles. The number of nitrogens with one attached hydrogen (secondary N) is 5. The van der Waals surface area contributed by atoms with Crippen molar-refractivity contribution in [2.24, 2.45) is 11.7 Å². The molecule has 0 radical (unpaired) electrons. The number of rotatable bonds is 45. The van der Waals surface area contributed by atoms with Gasteiger partial charge in [-0.05, 0) is 33.1 Å². The highest BCUT2D eigenvalue weighted by molar-refractivity contribution is 5.84. The molecule has 7 N–H and O–H groups in total. The van der Waals surface area contributed by atoms with E-state index < -0.39 is 11.8 Å². The molecule has 64 heavy (non-hydrogen) atoms. The third kappa shape index (κ3) is 47.3. The van der Waals surface area contributed by atoms with Gasteiger partial charge in [-0.2, -0.15) is 0 Å². The summed E-state index contributed by atoms with van der Waals surface area (Å²) in [5.74, 6) is -2.25. The molecule has 0 saturated carbocycles. The van der Waals surface area contributed by atoms with E-state index in [1.165, 1.54) is 13.8 Å². The zero-order chi connectivity index (χ0) is 47.9. The summed E-state index contributed by atoms with van der Waals surface area (Å²) in [5.41, 5.74) is 5.32. The summed E-state index contributed by atoms with van der Waals surface area (Å²) in [7, 11) is 0. The Morgan fingerprint density at radius 1 is 0.406 bits per heavy atom. The Hall–Kier alpha value is -4.16. The molecular formula is C42H80N6O16. The Balaban J connectivity index is -0.0000126. The summed E-state index contributed by atoms with van der Waals surface area (Å²) in [4.78, 5) is 92.9. The van der Waals surface area contributed by atoms with Crippen LogP contribution in [0.15, 0.2) is 0 Å². The second-order valence-electron chi connectivity index (χ2n) is 13.8. The van der Waals surface area contributed by atoms with Crippen LogP contribution < -0.4 is 32.3 Å². The largest absolute Gasteiger partial charge is 0.379 e. The number of unbranched alkanes of at least 4 members (excludes halogenated alkanes) is 1. The van der Waals surface area contributed by atoms with E-state index in [9.17, 15) is 38.4 Å². The minimum Gasteiger partial charge on any atom is -0.379 e. The molecule has 0 aliphatic rings. The van der Waals surface area contributed by atoms with E-state index in [4.69, 9.17) is 43.6 Å². The molecule has 22 heteroatoms. The first-order valence-electron chi connectivity index (χ1n) is 22.1. The minimum absolute atomic E-state index is 0. The lowest BCUT2D eigenvalue weighted by Gasteiger charge is -2.11. The summed E-state index contributed by atoms with van der Waals surface area (Å²) < 4.78 is 42.5. The van der Waals surface area contributed by atoms with Gasteiger partial charge in [0.25, 0.3) is 0 Å². The summed E-state index contributed by atoms with van der Waals surface area (Å²) in [6.45, 7) is 11.7. The SMILES string of the molecule is CC.CC(=O)CCOCCOCCNC(=O)COCCOCCNC(=O)CCCC(=O)NCCOCCOCC(=O)NCCOCCOCC(=O)NCCCCC(CC(C)=O)C(N)=O.[HH]. The normalized spacial score (nSPS) is 11.1. The first-order valence-corrected chi connectivity index (χ1v) is 22.1. The maximum absolute atomic E-state index is 12.0. The van der Waals surface area contributed by atoms with Crippen LogP contribution in [0.4, 0.5) is 0 Å². The number of carbonyl (C=O) groups is 8. The van der Waals surface area contributed by atoms with Gasteiger partial charge in [-0.3, -0.25) is 33.6 Å². The van der Waals surface area contributed by atoms with Gasteiger partial charge in [0, 0.05) is 65.8 Å². The fourth-order valence-electron chi connectivity index (χ4n) is 4.92. The third-order valence-electron chi connectivity index (χ3n) is 8.11. The van der Waals surface area contributed by atoms with Crippen LogP contribution in [0.3, 0.4) is 0 Å². The Bertz CT molecular complexity index is 1270. The van der Waals surface area contributed by atoms with Crippen molar-refractivity contribution in [1.29, 1.82) is 0 Å². The number of ketones is 2. The van der Waals surface area contributed by atoms with Crippen molar-refractivity contribution in [3.05, 3.63) is 0 Å². The van der Waals surface area contributed by atoms with Crippen LogP contribution in [0.5, 0.6) is 0 Å². The van der Waals surface area contributed by atoms with Crippen LogP contribution in [-0.4, -0.2) is 185 Å². The van der Waals surface area contributed by atoms with Gasteiger partial charge in [0.1, 0.15) is 31.4 Å². The number of hydrogen-bond donors (Lipinski definition) is 6. The molecule has 1 unspecified atom stereocenters. The molecule has 0 aromatic heterocycles. The Kier molecular flexibility index (Phi) is 45.3. The van der Waals surface area contributed by atoms with Crippen molar-refractivity contribution in [2.75, 3.05) is 138 Å². The Morgan fingerprint density at radius 2 is 0.750 bits per heavy atom. The maximum Gasteiger partial charge on any atom is 0.246 e. The molecule has 0 spiro atoms. The fourth-order valence-corrected chi connectivity index (χ4v) is 4.92. The molecule has 374 valence electrons. The summed E-state index contributed by atoms with van der Waals surface area (Å²) in [6, 6.07) is 0. The predicted molar refractivity (Wildman–Crippen MR) is 236 cm³/mol. The van der Waals surface area contributed by atoms with E-state index in [0.29, 0.717) is 78.2 Å². The predicted octanol–water partition coefficient (Wildman–Crippen LogP) is -0.627. The van der Waals surface area contributed by atoms with E-state index in [0.717, 1.165) is 0 Å². The van der Waals surface area contributed by atoms with Crippen LogP contribution >= 0.6 is 0 Å². The second kappa shape index (κ2) is 46.8. The molecular weight excluding hydrogens is 844 g/mol. The van der Waals surface area contributed by atoms with Crippen LogP contribution in [0.1, 0.15) is 80.5 Å². The first kappa shape index (κ1) is 61.9. The lowest BCUT2D eigenvalue weighted by molar-refractivity contribution is -0.127. The molecule has 0 fully saturated rings. The van der Waals surface area contributed by atoms with E-state index >= 15 is 0 Å². The quantitative estimate of drug-likeness (QED) is 0.0415. The molecule has 0 heterocycles. The fraction of sp³-hybridized carbons (Fsp3) is 0.810. The number of carbonyl (C=O) groups excluding carboxylic acids is 8. The van der Waals surface area contributed by atoms with Crippen molar-refractivity contribution in [1.82, 2.24) is 26.6 Å². The number of ether oxygens (including phenoxy) is 8. The lowest BCUT2D eigenvalue weighted by atomic mass is 9.96. The highest BCUT2D eigenvalue weighted by Crippen LogP contribution is 2.12. The Morgan fingerprint density at radius 3 is 1.11 bits per heavy atom. The smallest absolute Gasteiger partial charge is 0.246 e. The molecule has 0 aromatic carbocycles. The number of amides is 6. The number of hydrogen-bond acceptors (Lipinski definition) is 16. The standard InChI is InChI=1S/C40H72N6O16.C2H6.H2/c1-32(47)9-15-55-20-21-56-18-13-45-38(52)30-61-26-22-57-16-11-43-35(49)7-5-8-36(50)44-12-17-58-23-27-62-31-39(53)46-14-19-59-24-25-60-29-37(51)42-10-4-3-6-34(40(41)54)28-33(2)48;1-2;/h34H,3-31H2,1-2H3,(H2,41,54)(H,42,51)(H,43,49)(H,44,50)(H,45,52)(H,46,53);1-2H3;1H. The molecule has 0 aromatic rings. The summed E-state index contributed by atoms with van der Waals surface area (Å²) in [6.07, 6.45) is 3.06. The van der Waals surface area contributed by atoms with Crippen LogP contribution in [0, 0.1) is 5.92 Å². The monoisotopic (exact) mass is 925 g/mol. The second-order valence-corrected chi connectivity index (χ2v) is 13.8. The van der Waals surface area contributed by atoms with Crippen molar-refractivity contribution >= 4 is 47.0 Å². The zero-order valence-electron chi connectivity index (χ0n) is 38.7. The van der Waals surface area contributed by atoms with Gasteiger partial charge in [-0.1, -0.05) is 20.3 Å². The average Bonchev–Trinajstić information content (AvgIpc) is 3.25. The summed E-state index contributed by atoms with van der Waals surface area (Å²) >= 11 is 0. The average molecular weight is 925 g/mol. The lowest BCUT2D eigenvalue weighted by Crippen LogP contribution is -2.32. The number of Topliss-reactive ketones (excluding diaryl/α,β-unsaturated/α-hetero) is 2. The van der Waals surface area contributed by atoms with Crippen LogP contribution in [-0.2, 0) is 76.3 Å². The van der Waals surface area contributed by atoms with Gasteiger partial charge in [-0.15, -0.1) is 0 Å². The summed E-state index contributed by atoms with van der Waals surface area (Å²) in [5, 5.41) is 13.5. The highest BCUT2D eigenvalue weighted by Gasteiger charge is 2.17. The van der Waals surface area contributed by atoms with Gasteiger partial charge in [0.05, 0.1) is 85.9 Å². The topological polar surface area (TPSA) is 297 Å². The van der Waals surface area contributed by atoms with E-state index in [-0.39, 0.29) is 154 Å². The van der Waals surface area contributed by atoms with E-state index in [1.807, 2.05) is 13.8 Å². The molecule has 0 aliphatic heterocycles. The maximum atomic E-state index is 12.0. The van der Waals surface area contributed by atoms with Gasteiger partial charge in [0.15, 0.2) is 0 Å². The van der Waals surface area contributed by atoms with Gasteiger partial charge < -0.3 is 75.0 Å².